The van der Waals surface area contributed by atoms with Gasteiger partial charge in [0.05, 0.1) is 17.3 Å². The molecule has 1 amide bonds. The second kappa shape index (κ2) is 9.32. The van der Waals surface area contributed by atoms with Gasteiger partial charge in [-0.3, -0.25) is 4.79 Å². The Hall–Kier alpha value is -2.63. The Kier molecular flexibility index (Phi) is 6.26. The van der Waals surface area contributed by atoms with Crippen LogP contribution in [0.25, 0.3) is 0 Å². The predicted molar refractivity (Wildman–Crippen MR) is 127 cm³/mol. The van der Waals surface area contributed by atoms with Crippen LogP contribution in [0, 0.1) is 23.5 Å². The summed E-state index contributed by atoms with van der Waals surface area (Å²) in [7, 11) is 0. The fourth-order valence-electron chi connectivity index (χ4n) is 6.18. The van der Waals surface area contributed by atoms with Crippen molar-refractivity contribution in [3.05, 3.63) is 59.7 Å². The van der Waals surface area contributed by atoms with Crippen LogP contribution >= 0.6 is 0 Å². The molecule has 4 nitrogen and oxygen atoms in total. The van der Waals surface area contributed by atoms with Crippen molar-refractivity contribution in [2.75, 3.05) is 10.6 Å². The molecule has 0 radical (unpaired) electrons. The molecule has 2 aromatic carbocycles. The molecule has 1 atom stereocenters. The van der Waals surface area contributed by atoms with Gasteiger partial charge >= 0.3 is 0 Å². The number of rotatable bonds is 5. The molecule has 0 aromatic heterocycles. The summed E-state index contributed by atoms with van der Waals surface area (Å²) in [5, 5.41) is 10.3. The van der Waals surface area contributed by atoms with Crippen LogP contribution in [0.15, 0.2) is 42.5 Å². The van der Waals surface area contributed by atoms with E-state index in [1.54, 1.807) is 0 Å². The van der Waals surface area contributed by atoms with E-state index in [2.05, 4.69) is 16.0 Å². The van der Waals surface area contributed by atoms with E-state index in [0.29, 0.717) is 0 Å². The maximum Gasteiger partial charge on any atom is 0.228 e. The number of fused-ring (bicyclic) bond motifs is 1. The molecule has 3 N–H and O–H groups in total. The molecule has 2 saturated carbocycles. The van der Waals surface area contributed by atoms with Crippen LogP contribution in [0.5, 0.6) is 0 Å². The maximum absolute atomic E-state index is 15.4. The molecule has 0 bridgehead atoms. The van der Waals surface area contributed by atoms with E-state index in [9.17, 15) is 9.18 Å². The van der Waals surface area contributed by atoms with E-state index in [1.807, 2.05) is 24.3 Å². The number of carbonyl (C=O) groups is 1. The molecular formula is C27H33F2N3O. The number of hydrogen-bond donors (Lipinski definition) is 3. The van der Waals surface area contributed by atoms with Gasteiger partial charge < -0.3 is 16.0 Å². The average Bonchev–Trinajstić information content (AvgIpc) is 3.22. The standard InChI is InChI=1S/C27H33F2N3O/c28-19-15-16-22(29)21(17-19)27(31-23-13-7-8-14-24(23)32-27)25(18-9-3-1-4-10-18)26(33)30-20-11-5-2-6-12-20/h7-8,13-18,20,25,31-32H,1-6,9-12H2,(H,30,33). The van der Waals surface area contributed by atoms with Gasteiger partial charge in [0, 0.05) is 11.6 Å². The average molecular weight is 454 g/mol. The summed E-state index contributed by atoms with van der Waals surface area (Å²) in [6.45, 7) is 0. The predicted octanol–water partition coefficient (Wildman–Crippen LogP) is 6.30. The number of carbonyl (C=O) groups excluding carboxylic acids is 1. The minimum absolute atomic E-state index is 0.0646. The van der Waals surface area contributed by atoms with Gasteiger partial charge in [0.2, 0.25) is 5.91 Å². The molecule has 1 heterocycles. The van der Waals surface area contributed by atoms with Gasteiger partial charge in [-0.15, -0.1) is 0 Å². The quantitative estimate of drug-likeness (QED) is 0.498. The zero-order valence-electron chi connectivity index (χ0n) is 19.0. The molecule has 1 unspecified atom stereocenters. The van der Waals surface area contributed by atoms with E-state index in [1.165, 1.54) is 12.5 Å². The summed E-state index contributed by atoms with van der Waals surface area (Å²) in [6.07, 6.45) is 10.4. The fourth-order valence-corrected chi connectivity index (χ4v) is 6.18. The van der Waals surface area contributed by atoms with Gasteiger partial charge in [0.15, 0.2) is 0 Å². The first-order valence-electron chi connectivity index (χ1n) is 12.5. The topological polar surface area (TPSA) is 53.2 Å². The lowest BCUT2D eigenvalue weighted by molar-refractivity contribution is -0.130. The number of anilines is 2. The lowest BCUT2D eigenvalue weighted by Crippen LogP contribution is -2.57. The zero-order chi connectivity index (χ0) is 22.8. The Bertz CT molecular complexity index is 974. The van der Waals surface area contributed by atoms with Crippen molar-refractivity contribution in [3.63, 3.8) is 0 Å². The molecule has 33 heavy (non-hydrogen) atoms. The van der Waals surface area contributed by atoms with Crippen LogP contribution in [0.4, 0.5) is 20.2 Å². The number of nitrogens with one attached hydrogen (secondary N) is 3. The van der Waals surface area contributed by atoms with E-state index in [4.69, 9.17) is 0 Å². The van der Waals surface area contributed by atoms with Gasteiger partial charge in [-0.25, -0.2) is 8.78 Å². The van der Waals surface area contributed by atoms with Crippen LogP contribution in [0.2, 0.25) is 0 Å². The lowest BCUT2D eigenvalue weighted by atomic mass is 9.70. The first kappa shape index (κ1) is 22.2. The maximum atomic E-state index is 15.4. The third-order valence-electron chi connectivity index (χ3n) is 7.77. The second-order valence-corrected chi connectivity index (χ2v) is 9.95. The van der Waals surface area contributed by atoms with Crippen molar-refractivity contribution >= 4 is 17.3 Å². The molecule has 2 aliphatic carbocycles. The summed E-state index contributed by atoms with van der Waals surface area (Å²) < 4.78 is 29.8. The molecule has 5 rings (SSSR count). The van der Waals surface area contributed by atoms with Crippen LogP contribution in [0.3, 0.4) is 0 Å². The molecular weight excluding hydrogens is 420 g/mol. The van der Waals surface area contributed by atoms with Gasteiger partial charge in [0.25, 0.3) is 0 Å². The largest absolute Gasteiger partial charge is 0.357 e. The van der Waals surface area contributed by atoms with Gasteiger partial charge in [-0.1, -0.05) is 50.7 Å². The minimum atomic E-state index is -1.25. The molecule has 3 aliphatic rings. The smallest absolute Gasteiger partial charge is 0.228 e. The highest BCUT2D eigenvalue weighted by Gasteiger charge is 2.53. The SMILES string of the molecule is O=C(NC1CCCCC1)C(C1CCCCC1)C1(c2cc(F)ccc2F)Nc2ccccc2N1. The van der Waals surface area contributed by atoms with Crippen molar-refractivity contribution in [1.29, 1.82) is 0 Å². The number of para-hydroxylation sites is 2. The fraction of sp³-hybridized carbons (Fsp3) is 0.519. The van der Waals surface area contributed by atoms with E-state index in [0.717, 1.165) is 81.3 Å². The van der Waals surface area contributed by atoms with Gasteiger partial charge in [0.1, 0.15) is 17.3 Å². The Labute approximate surface area is 194 Å². The zero-order valence-corrected chi connectivity index (χ0v) is 19.0. The molecule has 0 saturated heterocycles. The Morgan fingerprint density at radius 2 is 1.48 bits per heavy atom. The Morgan fingerprint density at radius 3 is 2.12 bits per heavy atom. The van der Waals surface area contributed by atoms with Crippen molar-refractivity contribution in [2.45, 2.75) is 75.9 Å². The van der Waals surface area contributed by atoms with Gasteiger partial charge in [-0.2, -0.15) is 0 Å². The van der Waals surface area contributed by atoms with Gasteiger partial charge in [-0.05, 0) is 61.9 Å². The monoisotopic (exact) mass is 453 g/mol. The second-order valence-electron chi connectivity index (χ2n) is 9.95. The Morgan fingerprint density at radius 1 is 0.879 bits per heavy atom. The molecule has 1 aliphatic heterocycles. The molecule has 2 aromatic rings. The molecule has 2 fully saturated rings. The third-order valence-corrected chi connectivity index (χ3v) is 7.77. The van der Waals surface area contributed by atoms with Crippen LogP contribution in [-0.2, 0) is 10.5 Å². The number of hydrogen-bond acceptors (Lipinski definition) is 3. The van der Waals surface area contributed by atoms with E-state index in [-0.39, 0.29) is 23.4 Å². The summed E-state index contributed by atoms with van der Waals surface area (Å²) in [4.78, 5) is 14.0. The van der Waals surface area contributed by atoms with E-state index < -0.39 is 23.2 Å². The van der Waals surface area contributed by atoms with Crippen molar-refractivity contribution in [1.82, 2.24) is 5.32 Å². The summed E-state index contributed by atoms with van der Waals surface area (Å²) in [6, 6.07) is 11.3. The van der Waals surface area contributed by atoms with Crippen molar-refractivity contribution in [3.8, 4) is 0 Å². The Balaban J connectivity index is 1.60. The van der Waals surface area contributed by atoms with Crippen molar-refractivity contribution in [2.24, 2.45) is 11.8 Å². The van der Waals surface area contributed by atoms with Crippen molar-refractivity contribution < 1.29 is 13.6 Å². The number of amides is 1. The summed E-state index contributed by atoms with van der Waals surface area (Å²) in [5.74, 6) is -1.61. The highest BCUT2D eigenvalue weighted by molar-refractivity contribution is 5.86. The van der Waals surface area contributed by atoms with Crippen LogP contribution in [-0.4, -0.2) is 11.9 Å². The molecule has 0 spiro atoms. The minimum Gasteiger partial charge on any atom is -0.357 e. The van der Waals surface area contributed by atoms with Crippen LogP contribution in [0.1, 0.15) is 69.8 Å². The highest BCUT2D eigenvalue weighted by atomic mass is 19.1. The summed E-state index contributed by atoms with van der Waals surface area (Å²) in [5.41, 5.74) is 0.504. The summed E-state index contributed by atoms with van der Waals surface area (Å²) >= 11 is 0. The van der Waals surface area contributed by atoms with E-state index >= 15 is 4.39 Å². The third kappa shape index (κ3) is 4.32. The number of benzene rings is 2. The van der Waals surface area contributed by atoms with Crippen LogP contribution < -0.4 is 16.0 Å². The highest BCUT2D eigenvalue weighted by Crippen LogP contribution is 2.49. The first-order valence-corrected chi connectivity index (χ1v) is 12.5. The lowest BCUT2D eigenvalue weighted by Gasteiger charge is -2.44. The first-order chi connectivity index (χ1) is 16.1. The molecule has 6 heteroatoms. The number of halogens is 2. The normalized spacial score (nSPS) is 21.5. The molecule has 176 valence electrons.